The van der Waals surface area contributed by atoms with Crippen LogP contribution < -0.4 is 11.3 Å². The van der Waals surface area contributed by atoms with E-state index in [2.05, 4.69) is 4.98 Å². The van der Waals surface area contributed by atoms with Gasteiger partial charge in [-0.25, -0.2) is 4.79 Å². The zero-order valence-corrected chi connectivity index (χ0v) is 10.5. The number of benzene rings is 1. The molecule has 0 aliphatic carbocycles. The molecule has 0 bridgehead atoms. The standard InChI is InChI=1S/C14H14N2O3/c1-9-7-11(15)12(13(17)16-9)14(18)19-8-10-5-3-2-4-6-10/h2-7H,8H2,1H3,(H3,15,16,17). The zero-order valence-electron chi connectivity index (χ0n) is 10.5. The maximum Gasteiger partial charge on any atom is 0.346 e. The molecule has 2 rings (SSSR count). The molecular formula is C14H14N2O3. The van der Waals surface area contributed by atoms with Crippen LogP contribution in [-0.2, 0) is 11.3 Å². The van der Waals surface area contributed by atoms with E-state index in [9.17, 15) is 9.59 Å². The summed E-state index contributed by atoms with van der Waals surface area (Å²) in [6.45, 7) is 1.79. The number of nitrogens with two attached hydrogens (primary N) is 1. The summed E-state index contributed by atoms with van der Waals surface area (Å²) in [5.74, 6) is -0.720. The number of aromatic nitrogens is 1. The molecule has 1 aromatic heterocycles. The Labute approximate surface area is 110 Å². The Bertz CT molecular complexity index is 647. The number of ether oxygens (including phenoxy) is 1. The molecule has 0 amide bonds. The fraction of sp³-hybridized carbons (Fsp3) is 0.143. The third kappa shape index (κ3) is 3.01. The quantitative estimate of drug-likeness (QED) is 0.819. The van der Waals surface area contributed by atoms with E-state index < -0.39 is 11.5 Å². The molecule has 2 aromatic rings. The number of hydrogen-bond acceptors (Lipinski definition) is 4. The van der Waals surface area contributed by atoms with E-state index in [-0.39, 0.29) is 17.9 Å². The summed E-state index contributed by atoms with van der Waals surface area (Å²) < 4.78 is 5.08. The van der Waals surface area contributed by atoms with Gasteiger partial charge in [-0.05, 0) is 18.6 Å². The summed E-state index contributed by atoms with van der Waals surface area (Å²) in [5.41, 5.74) is 6.56. The van der Waals surface area contributed by atoms with Gasteiger partial charge in [0, 0.05) is 5.69 Å². The Morgan fingerprint density at radius 3 is 2.63 bits per heavy atom. The Kier molecular flexibility index (Phi) is 3.66. The number of esters is 1. The maximum absolute atomic E-state index is 11.8. The Hall–Kier alpha value is -2.56. The van der Waals surface area contributed by atoms with E-state index >= 15 is 0 Å². The van der Waals surface area contributed by atoms with Gasteiger partial charge in [0.1, 0.15) is 12.2 Å². The predicted octanol–water partition coefficient (Wildman–Crippen LogP) is 1.62. The number of carbonyl (C=O) groups excluding carboxylic acids is 1. The Balaban J connectivity index is 2.15. The number of aryl methyl sites for hydroxylation is 1. The molecule has 0 unspecified atom stereocenters. The van der Waals surface area contributed by atoms with Crippen molar-refractivity contribution < 1.29 is 9.53 Å². The van der Waals surface area contributed by atoms with E-state index in [1.54, 1.807) is 6.92 Å². The lowest BCUT2D eigenvalue weighted by Crippen LogP contribution is -2.22. The third-order valence-corrected chi connectivity index (χ3v) is 2.62. The normalized spacial score (nSPS) is 10.2. The molecule has 1 heterocycles. The molecule has 0 spiro atoms. The van der Waals surface area contributed by atoms with Crippen molar-refractivity contribution in [1.29, 1.82) is 0 Å². The molecular weight excluding hydrogens is 244 g/mol. The molecule has 1 aromatic carbocycles. The van der Waals surface area contributed by atoms with Gasteiger partial charge in [-0.2, -0.15) is 0 Å². The van der Waals surface area contributed by atoms with Crippen LogP contribution in [0.25, 0.3) is 0 Å². The van der Waals surface area contributed by atoms with Crippen LogP contribution in [-0.4, -0.2) is 11.0 Å². The summed E-state index contributed by atoms with van der Waals surface area (Å²) in [6, 6.07) is 10.7. The van der Waals surface area contributed by atoms with Crippen molar-refractivity contribution in [2.45, 2.75) is 13.5 Å². The van der Waals surface area contributed by atoms with Gasteiger partial charge in [0.15, 0.2) is 0 Å². The lowest BCUT2D eigenvalue weighted by Gasteiger charge is -2.07. The van der Waals surface area contributed by atoms with E-state index in [0.29, 0.717) is 5.69 Å². The van der Waals surface area contributed by atoms with Crippen LogP contribution in [0.1, 0.15) is 21.6 Å². The highest BCUT2D eigenvalue weighted by Gasteiger charge is 2.16. The average Bonchev–Trinajstić information content (AvgIpc) is 2.36. The summed E-state index contributed by atoms with van der Waals surface area (Å²) in [6.07, 6.45) is 0. The first-order valence-electron chi connectivity index (χ1n) is 5.78. The van der Waals surface area contributed by atoms with Crippen molar-refractivity contribution in [1.82, 2.24) is 4.98 Å². The third-order valence-electron chi connectivity index (χ3n) is 2.62. The number of H-pyrrole nitrogens is 1. The predicted molar refractivity (Wildman–Crippen MR) is 71.8 cm³/mol. The van der Waals surface area contributed by atoms with Crippen molar-refractivity contribution in [3.63, 3.8) is 0 Å². The minimum absolute atomic E-state index is 0.104. The first kappa shape index (κ1) is 12.9. The van der Waals surface area contributed by atoms with Gasteiger partial charge in [0.05, 0.1) is 5.69 Å². The van der Waals surface area contributed by atoms with Crippen LogP contribution in [0.5, 0.6) is 0 Å². The van der Waals surface area contributed by atoms with Crippen molar-refractivity contribution in [2.24, 2.45) is 0 Å². The second kappa shape index (κ2) is 5.39. The summed E-state index contributed by atoms with van der Waals surface area (Å²) in [4.78, 5) is 26.0. The number of nitrogen functional groups attached to an aromatic ring is 1. The van der Waals surface area contributed by atoms with Crippen LogP contribution in [0.15, 0.2) is 41.2 Å². The van der Waals surface area contributed by atoms with Gasteiger partial charge < -0.3 is 15.5 Å². The van der Waals surface area contributed by atoms with Gasteiger partial charge in [-0.1, -0.05) is 30.3 Å². The van der Waals surface area contributed by atoms with Crippen LogP contribution in [0.2, 0.25) is 0 Å². The van der Waals surface area contributed by atoms with E-state index in [1.807, 2.05) is 30.3 Å². The van der Waals surface area contributed by atoms with Crippen LogP contribution in [0.4, 0.5) is 5.69 Å². The summed E-state index contributed by atoms with van der Waals surface area (Å²) >= 11 is 0. The van der Waals surface area contributed by atoms with Crippen molar-refractivity contribution in [3.05, 3.63) is 63.6 Å². The van der Waals surface area contributed by atoms with E-state index in [1.165, 1.54) is 6.07 Å². The minimum Gasteiger partial charge on any atom is -0.457 e. The van der Waals surface area contributed by atoms with E-state index in [4.69, 9.17) is 10.5 Å². The second-order valence-corrected chi connectivity index (χ2v) is 4.17. The van der Waals surface area contributed by atoms with Crippen LogP contribution in [0, 0.1) is 6.92 Å². The summed E-state index contributed by atoms with van der Waals surface area (Å²) in [5, 5.41) is 0. The number of nitrogens with one attached hydrogen (secondary N) is 1. The SMILES string of the molecule is Cc1cc(N)c(C(=O)OCc2ccccc2)c(=O)[nH]1. The van der Waals surface area contributed by atoms with Gasteiger partial charge in [0.2, 0.25) is 0 Å². The van der Waals surface area contributed by atoms with Gasteiger partial charge in [-0.3, -0.25) is 4.79 Å². The fourth-order valence-corrected chi connectivity index (χ4v) is 1.72. The van der Waals surface area contributed by atoms with Crippen molar-refractivity contribution in [3.8, 4) is 0 Å². The van der Waals surface area contributed by atoms with Gasteiger partial charge >= 0.3 is 5.97 Å². The lowest BCUT2D eigenvalue weighted by molar-refractivity contribution is 0.0472. The topological polar surface area (TPSA) is 85.2 Å². The maximum atomic E-state index is 11.8. The number of anilines is 1. The van der Waals surface area contributed by atoms with Crippen molar-refractivity contribution >= 4 is 11.7 Å². The molecule has 0 atom stereocenters. The molecule has 19 heavy (non-hydrogen) atoms. The fourth-order valence-electron chi connectivity index (χ4n) is 1.72. The molecule has 0 fully saturated rings. The van der Waals surface area contributed by atoms with Crippen molar-refractivity contribution in [2.75, 3.05) is 5.73 Å². The van der Waals surface area contributed by atoms with Gasteiger partial charge in [-0.15, -0.1) is 0 Å². The largest absolute Gasteiger partial charge is 0.457 e. The lowest BCUT2D eigenvalue weighted by atomic mass is 10.2. The van der Waals surface area contributed by atoms with Crippen LogP contribution in [0.3, 0.4) is 0 Å². The number of aromatic amines is 1. The number of pyridine rings is 1. The number of rotatable bonds is 3. The molecule has 0 radical (unpaired) electrons. The first-order valence-corrected chi connectivity index (χ1v) is 5.78. The Morgan fingerprint density at radius 2 is 2.00 bits per heavy atom. The van der Waals surface area contributed by atoms with Crippen LogP contribution >= 0.6 is 0 Å². The molecule has 0 saturated carbocycles. The number of carbonyl (C=O) groups is 1. The molecule has 0 aliphatic heterocycles. The molecule has 3 N–H and O–H groups in total. The highest BCUT2D eigenvalue weighted by Crippen LogP contribution is 2.10. The Morgan fingerprint density at radius 1 is 1.32 bits per heavy atom. The van der Waals surface area contributed by atoms with E-state index in [0.717, 1.165) is 5.56 Å². The monoisotopic (exact) mass is 258 g/mol. The minimum atomic E-state index is -0.720. The molecule has 98 valence electrons. The number of hydrogen-bond donors (Lipinski definition) is 2. The molecule has 0 aliphatic rings. The van der Waals surface area contributed by atoms with Gasteiger partial charge in [0.25, 0.3) is 5.56 Å². The average molecular weight is 258 g/mol. The molecule has 0 saturated heterocycles. The smallest absolute Gasteiger partial charge is 0.346 e. The highest BCUT2D eigenvalue weighted by molar-refractivity contribution is 5.94. The highest BCUT2D eigenvalue weighted by atomic mass is 16.5. The molecule has 5 heteroatoms. The first-order chi connectivity index (χ1) is 9.08. The zero-order chi connectivity index (χ0) is 13.8. The molecule has 5 nitrogen and oxygen atoms in total. The summed E-state index contributed by atoms with van der Waals surface area (Å²) in [7, 11) is 0. The second-order valence-electron chi connectivity index (χ2n) is 4.17.